The number of halogens is 1. The van der Waals surface area contributed by atoms with E-state index in [1.165, 1.54) is 24.8 Å². The van der Waals surface area contributed by atoms with Crippen molar-refractivity contribution in [3.8, 4) is 0 Å². The second-order valence-corrected chi connectivity index (χ2v) is 8.38. The van der Waals surface area contributed by atoms with Crippen molar-refractivity contribution < 1.29 is 0 Å². The first kappa shape index (κ1) is 15.9. The second-order valence-electron chi connectivity index (χ2n) is 7.94. The van der Waals surface area contributed by atoms with Crippen molar-refractivity contribution in [3.05, 3.63) is 34.9 Å². The second kappa shape index (κ2) is 6.07. The molecule has 1 aromatic carbocycles. The lowest BCUT2D eigenvalue weighted by Gasteiger charge is -2.45. The van der Waals surface area contributed by atoms with E-state index in [1.54, 1.807) is 0 Å². The maximum atomic E-state index is 5.91. The fourth-order valence-corrected chi connectivity index (χ4v) is 4.19. The lowest BCUT2D eigenvalue weighted by Crippen LogP contribution is -2.44. The molecule has 0 aliphatic heterocycles. The van der Waals surface area contributed by atoms with Crippen LogP contribution in [-0.2, 0) is 6.42 Å². The number of benzene rings is 1. The number of hydrogen-bond acceptors (Lipinski definition) is 1. The Kier molecular flexibility index (Phi) is 4.81. The molecule has 1 aliphatic rings. The summed E-state index contributed by atoms with van der Waals surface area (Å²) in [7, 11) is 0. The van der Waals surface area contributed by atoms with E-state index in [9.17, 15) is 0 Å². The van der Waals surface area contributed by atoms with Gasteiger partial charge in [0.1, 0.15) is 0 Å². The quantitative estimate of drug-likeness (QED) is 0.816. The first-order valence-corrected chi connectivity index (χ1v) is 8.11. The molecule has 1 N–H and O–H groups in total. The van der Waals surface area contributed by atoms with Crippen LogP contribution in [0.15, 0.2) is 24.3 Å². The van der Waals surface area contributed by atoms with Gasteiger partial charge in [0.25, 0.3) is 0 Å². The molecule has 2 heteroatoms. The molecule has 0 bridgehead atoms. The van der Waals surface area contributed by atoms with Gasteiger partial charge in [-0.15, -0.1) is 0 Å². The average molecular weight is 294 g/mol. The minimum Gasteiger partial charge on any atom is -0.314 e. The van der Waals surface area contributed by atoms with Crippen LogP contribution in [0.1, 0.15) is 52.5 Å². The zero-order valence-electron chi connectivity index (χ0n) is 13.3. The molecule has 1 fully saturated rings. The van der Waals surface area contributed by atoms with Crippen LogP contribution in [0.2, 0.25) is 5.02 Å². The summed E-state index contributed by atoms with van der Waals surface area (Å²) in [4.78, 5) is 0. The van der Waals surface area contributed by atoms with Crippen LogP contribution in [0.4, 0.5) is 0 Å². The summed E-state index contributed by atoms with van der Waals surface area (Å²) in [6, 6.07) is 8.85. The predicted molar refractivity (Wildman–Crippen MR) is 88.4 cm³/mol. The molecule has 0 heterocycles. The Bertz CT molecular complexity index is 417. The third kappa shape index (κ3) is 4.79. The van der Waals surface area contributed by atoms with Gasteiger partial charge in [0.15, 0.2) is 0 Å². The monoisotopic (exact) mass is 293 g/mol. The van der Waals surface area contributed by atoms with Crippen molar-refractivity contribution >= 4 is 11.6 Å². The molecular weight excluding hydrogens is 266 g/mol. The zero-order valence-corrected chi connectivity index (χ0v) is 14.1. The lowest BCUT2D eigenvalue weighted by molar-refractivity contribution is 0.0854. The molecular formula is C18H28ClN. The Morgan fingerprint density at radius 1 is 1.05 bits per heavy atom. The molecule has 0 saturated heterocycles. The topological polar surface area (TPSA) is 12.0 Å². The van der Waals surface area contributed by atoms with E-state index in [0.717, 1.165) is 18.0 Å². The van der Waals surface area contributed by atoms with E-state index in [1.807, 2.05) is 12.1 Å². The van der Waals surface area contributed by atoms with Gasteiger partial charge in [0.05, 0.1) is 0 Å². The summed E-state index contributed by atoms with van der Waals surface area (Å²) in [5.74, 6) is 0. The highest BCUT2D eigenvalue weighted by molar-refractivity contribution is 6.30. The van der Waals surface area contributed by atoms with Gasteiger partial charge in [0, 0.05) is 11.1 Å². The van der Waals surface area contributed by atoms with Gasteiger partial charge in [-0.05, 0) is 60.8 Å². The van der Waals surface area contributed by atoms with Crippen LogP contribution in [0.3, 0.4) is 0 Å². The molecule has 2 rings (SSSR count). The molecule has 0 amide bonds. The van der Waals surface area contributed by atoms with Crippen molar-refractivity contribution in [3.63, 3.8) is 0 Å². The van der Waals surface area contributed by atoms with Crippen LogP contribution in [0, 0.1) is 10.8 Å². The molecule has 1 nitrogen and oxygen atoms in total. The molecule has 20 heavy (non-hydrogen) atoms. The fraction of sp³-hybridized carbons (Fsp3) is 0.667. The minimum absolute atomic E-state index is 0.458. The maximum absolute atomic E-state index is 5.91. The summed E-state index contributed by atoms with van der Waals surface area (Å²) in [5.41, 5.74) is 2.27. The van der Waals surface area contributed by atoms with Gasteiger partial charge in [-0.2, -0.15) is 0 Å². The number of nitrogens with one attached hydrogen (secondary N) is 1. The third-order valence-electron chi connectivity index (χ3n) is 4.32. The van der Waals surface area contributed by atoms with Crippen molar-refractivity contribution in [2.24, 2.45) is 10.8 Å². The van der Waals surface area contributed by atoms with Gasteiger partial charge in [-0.1, -0.05) is 51.4 Å². The predicted octanol–water partition coefficient (Wildman–Crippen LogP) is 5.08. The highest BCUT2D eigenvalue weighted by atomic mass is 35.5. The van der Waals surface area contributed by atoms with Crippen LogP contribution >= 0.6 is 11.6 Å². The Morgan fingerprint density at radius 3 is 2.15 bits per heavy atom. The first-order valence-electron chi connectivity index (χ1n) is 7.74. The van der Waals surface area contributed by atoms with Crippen molar-refractivity contribution in [1.82, 2.24) is 5.32 Å². The van der Waals surface area contributed by atoms with Gasteiger partial charge in [-0.25, -0.2) is 0 Å². The summed E-state index contributed by atoms with van der Waals surface area (Å²) in [5, 5.41) is 4.58. The molecule has 1 saturated carbocycles. The highest BCUT2D eigenvalue weighted by Crippen LogP contribution is 2.45. The van der Waals surface area contributed by atoms with Crippen LogP contribution < -0.4 is 5.32 Å². The average Bonchev–Trinajstić information content (AvgIpc) is 2.27. The molecule has 1 aromatic rings. The molecule has 112 valence electrons. The van der Waals surface area contributed by atoms with E-state index in [4.69, 9.17) is 11.6 Å². The molecule has 1 aliphatic carbocycles. The highest BCUT2D eigenvalue weighted by Gasteiger charge is 2.37. The summed E-state index contributed by atoms with van der Waals surface area (Å²) < 4.78 is 0. The Morgan fingerprint density at radius 2 is 1.60 bits per heavy atom. The van der Waals surface area contributed by atoms with Gasteiger partial charge in [-0.3, -0.25) is 0 Å². The molecule has 0 radical (unpaired) electrons. The maximum Gasteiger partial charge on any atom is 0.0406 e. The smallest absolute Gasteiger partial charge is 0.0406 e. The Balaban J connectivity index is 1.83. The van der Waals surface area contributed by atoms with Gasteiger partial charge >= 0.3 is 0 Å². The molecule has 0 unspecified atom stereocenters. The van der Waals surface area contributed by atoms with Crippen molar-refractivity contribution in [2.75, 3.05) is 6.54 Å². The Labute approximate surface area is 129 Å². The largest absolute Gasteiger partial charge is 0.314 e. The van der Waals surface area contributed by atoms with E-state index >= 15 is 0 Å². The summed E-state index contributed by atoms with van der Waals surface area (Å²) >= 11 is 5.91. The zero-order chi connectivity index (χ0) is 14.8. The Hall–Kier alpha value is -0.530. The normalized spacial score (nSPS) is 21.9. The number of hydrogen-bond donors (Lipinski definition) is 1. The van der Waals surface area contributed by atoms with E-state index in [2.05, 4.69) is 45.1 Å². The minimum atomic E-state index is 0.458. The van der Waals surface area contributed by atoms with Crippen LogP contribution in [0.5, 0.6) is 0 Å². The van der Waals surface area contributed by atoms with E-state index in [0.29, 0.717) is 16.9 Å². The third-order valence-corrected chi connectivity index (χ3v) is 4.57. The SMILES string of the molecule is CC1(C)CC(NCCc2ccc(Cl)cc2)CC(C)(C)C1. The standard InChI is InChI=1S/C18H28ClN/c1-17(2)11-16(12-18(3,4)13-17)20-10-9-14-5-7-15(19)8-6-14/h5-8,16,20H,9-13H2,1-4H3. The number of rotatable bonds is 4. The fourth-order valence-electron chi connectivity index (χ4n) is 4.06. The molecule has 0 spiro atoms. The van der Waals surface area contributed by atoms with E-state index in [-0.39, 0.29) is 0 Å². The summed E-state index contributed by atoms with van der Waals surface area (Å²) in [6.07, 6.45) is 4.98. The van der Waals surface area contributed by atoms with Crippen LogP contribution in [0.25, 0.3) is 0 Å². The lowest BCUT2D eigenvalue weighted by atomic mass is 9.63. The van der Waals surface area contributed by atoms with Crippen molar-refractivity contribution in [2.45, 2.75) is 59.4 Å². The van der Waals surface area contributed by atoms with E-state index < -0.39 is 0 Å². The van der Waals surface area contributed by atoms with Gasteiger partial charge in [0.2, 0.25) is 0 Å². The molecule has 0 atom stereocenters. The van der Waals surface area contributed by atoms with Crippen LogP contribution in [-0.4, -0.2) is 12.6 Å². The van der Waals surface area contributed by atoms with Crippen molar-refractivity contribution in [1.29, 1.82) is 0 Å². The van der Waals surface area contributed by atoms with Gasteiger partial charge < -0.3 is 5.32 Å². The summed E-state index contributed by atoms with van der Waals surface area (Å²) in [6.45, 7) is 10.7. The molecule has 0 aromatic heterocycles. The first-order chi connectivity index (χ1) is 9.26.